The average molecular weight is 381 g/mol. The molecule has 2 heterocycles. The lowest BCUT2D eigenvalue weighted by Gasteiger charge is -2.06. The van der Waals surface area contributed by atoms with Gasteiger partial charge in [-0.2, -0.15) is 0 Å². The Hall–Kier alpha value is -1.87. The van der Waals surface area contributed by atoms with Crippen molar-refractivity contribution in [2.45, 2.75) is 24.3 Å². The molecule has 0 spiro atoms. The van der Waals surface area contributed by atoms with Crippen LogP contribution < -0.4 is 5.84 Å². The van der Waals surface area contributed by atoms with Gasteiger partial charge in [0.15, 0.2) is 5.82 Å². The van der Waals surface area contributed by atoms with Crippen molar-refractivity contribution >= 4 is 27.7 Å². The third kappa shape index (κ3) is 3.00. The second-order valence-electron chi connectivity index (χ2n) is 4.61. The molecule has 0 aliphatic rings. The Morgan fingerprint density at radius 3 is 2.77 bits per heavy atom. The number of nitrogens with zero attached hydrogens (tertiary/aromatic N) is 5. The monoisotopic (exact) mass is 380 g/mol. The van der Waals surface area contributed by atoms with Crippen LogP contribution in [0.3, 0.4) is 0 Å². The molecule has 3 aromatic rings. The van der Waals surface area contributed by atoms with Gasteiger partial charge in [-0.1, -0.05) is 39.8 Å². The summed E-state index contributed by atoms with van der Waals surface area (Å²) in [5.74, 6) is 7.77. The van der Waals surface area contributed by atoms with E-state index in [4.69, 9.17) is 10.3 Å². The van der Waals surface area contributed by atoms with Crippen molar-refractivity contribution in [2.75, 3.05) is 5.84 Å². The molecule has 2 N–H and O–H groups in total. The van der Waals surface area contributed by atoms with E-state index >= 15 is 0 Å². The summed E-state index contributed by atoms with van der Waals surface area (Å²) in [7, 11) is 0. The Morgan fingerprint density at radius 1 is 1.27 bits per heavy atom. The maximum Gasteiger partial charge on any atom is 0.229 e. The van der Waals surface area contributed by atoms with Gasteiger partial charge >= 0.3 is 0 Å². The van der Waals surface area contributed by atoms with Gasteiger partial charge in [-0.3, -0.25) is 0 Å². The van der Waals surface area contributed by atoms with Gasteiger partial charge in [0, 0.05) is 17.0 Å². The smallest absolute Gasteiger partial charge is 0.229 e. The minimum Gasteiger partial charge on any atom is -0.424 e. The zero-order valence-corrected chi connectivity index (χ0v) is 14.3. The van der Waals surface area contributed by atoms with Gasteiger partial charge in [0.25, 0.3) is 0 Å². The van der Waals surface area contributed by atoms with E-state index in [0.29, 0.717) is 22.8 Å². The highest BCUT2D eigenvalue weighted by atomic mass is 79.9. The van der Waals surface area contributed by atoms with Crippen LogP contribution in [0, 0.1) is 6.92 Å². The van der Waals surface area contributed by atoms with Crippen LogP contribution in [0.2, 0.25) is 0 Å². The maximum atomic E-state index is 6.11. The number of nitrogens with two attached hydrogens (primary N) is 1. The van der Waals surface area contributed by atoms with Crippen LogP contribution in [-0.4, -0.2) is 25.1 Å². The standard InChI is InChI=1S/C13H13BrN6OS/c1-7(12-18-16-8(2)21-12)22-13-19-17-11(20(13)15)9-4-3-5-10(14)6-9/h3-7H,15H2,1-2H3. The van der Waals surface area contributed by atoms with Gasteiger partial charge in [-0.15, -0.1) is 20.4 Å². The Bertz CT molecular complexity index is 801. The molecule has 0 aliphatic carbocycles. The van der Waals surface area contributed by atoms with E-state index in [0.717, 1.165) is 10.0 Å². The summed E-state index contributed by atoms with van der Waals surface area (Å²) in [6.07, 6.45) is 0. The van der Waals surface area contributed by atoms with Crippen LogP contribution in [0.4, 0.5) is 0 Å². The molecule has 0 aliphatic heterocycles. The van der Waals surface area contributed by atoms with E-state index < -0.39 is 0 Å². The van der Waals surface area contributed by atoms with Crippen LogP contribution in [0.25, 0.3) is 11.4 Å². The molecule has 1 aromatic carbocycles. The van der Waals surface area contributed by atoms with E-state index in [1.54, 1.807) is 6.92 Å². The molecule has 7 nitrogen and oxygen atoms in total. The molecule has 0 radical (unpaired) electrons. The lowest BCUT2D eigenvalue weighted by Crippen LogP contribution is -2.12. The molecule has 114 valence electrons. The van der Waals surface area contributed by atoms with E-state index in [1.807, 2.05) is 31.2 Å². The van der Waals surface area contributed by atoms with Crippen molar-refractivity contribution in [2.24, 2.45) is 0 Å². The molecular weight excluding hydrogens is 368 g/mol. The first-order chi connectivity index (χ1) is 10.5. The number of aryl methyl sites for hydroxylation is 1. The Balaban J connectivity index is 1.84. The molecule has 0 fully saturated rings. The zero-order chi connectivity index (χ0) is 15.7. The molecule has 9 heteroatoms. The third-order valence-electron chi connectivity index (χ3n) is 2.92. The third-order valence-corrected chi connectivity index (χ3v) is 4.46. The highest BCUT2D eigenvalue weighted by Gasteiger charge is 2.19. The van der Waals surface area contributed by atoms with Crippen molar-refractivity contribution < 1.29 is 4.42 Å². The number of benzene rings is 1. The maximum absolute atomic E-state index is 6.11. The molecule has 22 heavy (non-hydrogen) atoms. The Morgan fingerprint density at radius 2 is 2.09 bits per heavy atom. The summed E-state index contributed by atoms with van der Waals surface area (Å²) in [4.78, 5) is 0. The first-order valence-corrected chi connectivity index (χ1v) is 8.15. The van der Waals surface area contributed by atoms with E-state index in [1.165, 1.54) is 16.4 Å². The summed E-state index contributed by atoms with van der Waals surface area (Å²) in [5.41, 5.74) is 0.887. The fraction of sp³-hybridized carbons (Fsp3) is 0.231. The van der Waals surface area contributed by atoms with E-state index in [2.05, 4.69) is 36.3 Å². The molecule has 2 aromatic heterocycles. The van der Waals surface area contributed by atoms with Crippen molar-refractivity contribution in [1.82, 2.24) is 25.1 Å². The number of halogens is 1. The van der Waals surface area contributed by atoms with Gasteiger partial charge in [0.05, 0.1) is 5.25 Å². The highest BCUT2D eigenvalue weighted by molar-refractivity contribution is 9.10. The summed E-state index contributed by atoms with van der Waals surface area (Å²) in [5, 5.41) is 16.6. The molecule has 0 saturated heterocycles. The SMILES string of the molecule is Cc1nnc(C(C)Sc2nnc(-c3cccc(Br)c3)n2N)o1. The molecule has 1 atom stereocenters. The van der Waals surface area contributed by atoms with Gasteiger partial charge < -0.3 is 10.3 Å². The predicted molar refractivity (Wildman–Crippen MR) is 86.6 cm³/mol. The quantitative estimate of drug-likeness (QED) is 0.548. The minimum atomic E-state index is -0.0666. The Labute approximate surface area is 139 Å². The minimum absolute atomic E-state index is 0.0666. The summed E-state index contributed by atoms with van der Waals surface area (Å²) in [6, 6.07) is 7.73. The number of aromatic nitrogens is 5. The summed E-state index contributed by atoms with van der Waals surface area (Å²) >= 11 is 4.85. The number of hydrogen-bond donors (Lipinski definition) is 1. The lowest BCUT2D eigenvalue weighted by molar-refractivity contribution is 0.470. The number of thioether (sulfide) groups is 1. The van der Waals surface area contributed by atoms with Crippen molar-refractivity contribution in [3.8, 4) is 11.4 Å². The normalized spacial score (nSPS) is 12.5. The number of hydrogen-bond acceptors (Lipinski definition) is 7. The lowest BCUT2D eigenvalue weighted by atomic mass is 10.2. The van der Waals surface area contributed by atoms with Crippen LogP contribution in [0.15, 0.2) is 38.3 Å². The fourth-order valence-corrected chi connectivity index (χ4v) is 3.07. The molecule has 3 rings (SSSR count). The van der Waals surface area contributed by atoms with Crippen LogP contribution in [-0.2, 0) is 0 Å². The largest absolute Gasteiger partial charge is 0.424 e. The topological polar surface area (TPSA) is 95.7 Å². The van der Waals surface area contributed by atoms with Gasteiger partial charge in [-0.25, -0.2) is 4.68 Å². The predicted octanol–water partition coefficient (Wildman–Crippen LogP) is 2.97. The number of nitrogen functional groups attached to an aromatic ring is 1. The number of rotatable bonds is 4. The van der Waals surface area contributed by atoms with Crippen LogP contribution >= 0.6 is 27.7 Å². The van der Waals surface area contributed by atoms with Crippen molar-refractivity contribution in [3.63, 3.8) is 0 Å². The molecular formula is C13H13BrN6OS. The first kappa shape index (κ1) is 15.0. The molecule has 1 unspecified atom stereocenters. The second kappa shape index (κ2) is 6.09. The first-order valence-electron chi connectivity index (χ1n) is 6.47. The highest BCUT2D eigenvalue weighted by Crippen LogP contribution is 2.33. The summed E-state index contributed by atoms with van der Waals surface area (Å²) < 4.78 is 7.84. The zero-order valence-electron chi connectivity index (χ0n) is 11.9. The van der Waals surface area contributed by atoms with Crippen LogP contribution in [0.1, 0.15) is 24.0 Å². The Kier molecular flexibility index (Phi) is 4.16. The summed E-state index contributed by atoms with van der Waals surface area (Å²) in [6.45, 7) is 3.70. The molecule has 0 amide bonds. The van der Waals surface area contributed by atoms with Crippen molar-refractivity contribution in [3.05, 3.63) is 40.5 Å². The van der Waals surface area contributed by atoms with Crippen molar-refractivity contribution in [1.29, 1.82) is 0 Å². The molecule has 0 saturated carbocycles. The van der Waals surface area contributed by atoms with E-state index in [9.17, 15) is 0 Å². The fourth-order valence-electron chi connectivity index (χ4n) is 1.87. The van der Waals surface area contributed by atoms with Gasteiger partial charge in [0.1, 0.15) is 0 Å². The van der Waals surface area contributed by atoms with E-state index in [-0.39, 0.29) is 5.25 Å². The van der Waals surface area contributed by atoms with Gasteiger partial charge in [0.2, 0.25) is 16.9 Å². The average Bonchev–Trinajstić information content (AvgIpc) is 3.06. The molecule has 0 bridgehead atoms. The van der Waals surface area contributed by atoms with Gasteiger partial charge in [-0.05, 0) is 19.1 Å². The second-order valence-corrected chi connectivity index (χ2v) is 6.83. The van der Waals surface area contributed by atoms with Crippen LogP contribution in [0.5, 0.6) is 0 Å².